The molecule has 0 heterocycles. The van der Waals surface area contributed by atoms with E-state index in [1.54, 1.807) is 0 Å². The lowest BCUT2D eigenvalue weighted by molar-refractivity contribution is -0.385. The highest BCUT2D eigenvalue weighted by atomic mass is 16.6. The maximum absolute atomic E-state index is 10.7. The number of hydrogen-bond acceptors (Lipinski definition) is 5. The quantitative estimate of drug-likeness (QED) is 0.595. The molecule has 116 valence electrons. The van der Waals surface area contributed by atoms with Crippen LogP contribution in [0.25, 0.3) is 0 Å². The number of rotatable bonds is 7. The van der Waals surface area contributed by atoms with E-state index >= 15 is 0 Å². The highest BCUT2D eigenvalue weighted by Gasteiger charge is 2.19. The van der Waals surface area contributed by atoms with Crippen molar-refractivity contribution in [2.75, 3.05) is 6.61 Å². The van der Waals surface area contributed by atoms with Gasteiger partial charge in [-0.25, -0.2) is 0 Å². The van der Waals surface area contributed by atoms with Crippen LogP contribution in [0.4, 0.5) is 5.69 Å². The first-order valence-corrected chi connectivity index (χ1v) is 7.29. The van der Waals surface area contributed by atoms with Crippen LogP contribution in [-0.2, 0) is 6.61 Å². The van der Waals surface area contributed by atoms with E-state index < -0.39 is 11.0 Å². The summed E-state index contributed by atoms with van der Waals surface area (Å²) in [6, 6.07) is 4.09. The smallest absolute Gasteiger partial charge is 0.270 e. The molecular formula is C15H21NO5. The van der Waals surface area contributed by atoms with Crippen molar-refractivity contribution in [1.82, 2.24) is 0 Å². The van der Waals surface area contributed by atoms with Gasteiger partial charge >= 0.3 is 0 Å². The summed E-state index contributed by atoms with van der Waals surface area (Å²) in [5.74, 6) is 0.950. The van der Waals surface area contributed by atoms with E-state index in [2.05, 4.69) is 0 Å². The van der Waals surface area contributed by atoms with Gasteiger partial charge in [0, 0.05) is 17.7 Å². The first-order valence-electron chi connectivity index (χ1n) is 7.29. The number of non-ortho nitro benzene ring substituents is 1. The van der Waals surface area contributed by atoms with Gasteiger partial charge in [-0.3, -0.25) is 10.1 Å². The number of benzene rings is 1. The van der Waals surface area contributed by atoms with Crippen molar-refractivity contribution in [1.29, 1.82) is 0 Å². The summed E-state index contributed by atoms with van der Waals surface area (Å²) in [6.45, 7) is -0.197. The largest absolute Gasteiger partial charge is 0.491 e. The van der Waals surface area contributed by atoms with Crippen LogP contribution >= 0.6 is 0 Å². The monoisotopic (exact) mass is 295 g/mol. The Morgan fingerprint density at radius 2 is 2.10 bits per heavy atom. The molecule has 1 atom stereocenters. The van der Waals surface area contributed by atoms with Gasteiger partial charge in [0.25, 0.3) is 5.69 Å². The molecule has 2 rings (SSSR count). The zero-order valence-electron chi connectivity index (χ0n) is 11.9. The lowest BCUT2D eigenvalue weighted by Crippen LogP contribution is -2.20. The zero-order valence-corrected chi connectivity index (χ0v) is 11.9. The number of ether oxygens (including phenoxy) is 1. The fraction of sp³-hybridized carbons (Fsp3) is 0.600. The summed E-state index contributed by atoms with van der Waals surface area (Å²) in [7, 11) is 0. The molecule has 0 amide bonds. The van der Waals surface area contributed by atoms with Gasteiger partial charge in [-0.15, -0.1) is 0 Å². The number of nitro benzene ring substituents is 1. The second-order valence-corrected chi connectivity index (χ2v) is 5.56. The Morgan fingerprint density at radius 3 is 2.71 bits per heavy atom. The van der Waals surface area contributed by atoms with Gasteiger partial charge in [0.05, 0.1) is 17.6 Å². The van der Waals surface area contributed by atoms with Crippen LogP contribution in [0, 0.1) is 16.0 Å². The molecule has 0 radical (unpaired) electrons. The lowest BCUT2D eigenvalue weighted by Gasteiger charge is -2.17. The molecule has 1 aliphatic carbocycles. The topological polar surface area (TPSA) is 92.8 Å². The Balaban J connectivity index is 1.90. The molecule has 21 heavy (non-hydrogen) atoms. The molecule has 1 saturated carbocycles. The molecule has 1 aromatic rings. The normalized spacial score (nSPS) is 16.9. The van der Waals surface area contributed by atoms with Crippen LogP contribution in [0.5, 0.6) is 5.75 Å². The number of hydrogen-bond donors (Lipinski definition) is 2. The first kappa shape index (κ1) is 15.7. The molecule has 1 fully saturated rings. The van der Waals surface area contributed by atoms with Crippen molar-refractivity contribution < 1.29 is 19.9 Å². The van der Waals surface area contributed by atoms with Gasteiger partial charge < -0.3 is 14.9 Å². The van der Waals surface area contributed by atoms with E-state index in [1.807, 2.05) is 0 Å². The molecule has 2 N–H and O–H groups in total. The second-order valence-electron chi connectivity index (χ2n) is 5.56. The number of aliphatic hydroxyl groups excluding tert-OH is 2. The van der Waals surface area contributed by atoms with Crippen molar-refractivity contribution in [3.05, 3.63) is 33.9 Å². The molecule has 0 spiro atoms. The Morgan fingerprint density at radius 1 is 1.38 bits per heavy atom. The minimum Gasteiger partial charge on any atom is -0.491 e. The van der Waals surface area contributed by atoms with E-state index in [4.69, 9.17) is 4.74 Å². The summed E-state index contributed by atoms with van der Waals surface area (Å²) in [6.07, 6.45) is 4.97. The van der Waals surface area contributed by atoms with Crippen molar-refractivity contribution in [2.45, 2.75) is 44.8 Å². The fourth-order valence-corrected chi connectivity index (χ4v) is 2.83. The summed E-state index contributed by atoms with van der Waals surface area (Å²) < 4.78 is 5.50. The van der Waals surface area contributed by atoms with Crippen LogP contribution in [0.15, 0.2) is 18.2 Å². The van der Waals surface area contributed by atoms with Gasteiger partial charge in [-0.1, -0.05) is 25.7 Å². The van der Waals surface area contributed by atoms with Crippen molar-refractivity contribution >= 4 is 5.69 Å². The van der Waals surface area contributed by atoms with Gasteiger partial charge in [0.2, 0.25) is 0 Å². The fourth-order valence-electron chi connectivity index (χ4n) is 2.83. The molecule has 0 bridgehead atoms. The third-order valence-corrected chi connectivity index (χ3v) is 3.94. The predicted octanol–water partition coefficient (Wildman–Crippen LogP) is 2.41. The van der Waals surface area contributed by atoms with Crippen molar-refractivity contribution in [3.8, 4) is 5.75 Å². The molecule has 6 nitrogen and oxygen atoms in total. The zero-order chi connectivity index (χ0) is 15.2. The van der Waals surface area contributed by atoms with E-state index in [9.17, 15) is 20.3 Å². The second kappa shape index (κ2) is 7.38. The number of aliphatic hydroxyl groups is 2. The molecule has 6 heteroatoms. The molecule has 1 aromatic carbocycles. The summed E-state index contributed by atoms with van der Waals surface area (Å²) in [5, 5.41) is 29.9. The number of nitro groups is 1. The minimum atomic E-state index is -0.546. The Labute approximate surface area is 123 Å². The Bertz CT molecular complexity index is 485. The van der Waals surface area contributed by atoms with E-state index in [-0.39, 0.29) is 18.9 Å². The maximum atomic E-state index is 10.7. The van der Waals surface area contributed by atoms with Crippen LogP contribution in [0.1, 0.15) is 37.7 Å². The molecule has 0 saturated heterocycles. The van der Waals surface area contributed by atoms with Crippen LogP contribution in [-0.4, -0.2) is 27.8 Å². The van der Waals surface area contributed by atoms with E-state index in [0.29, 0.717) is 17.2 Å². The lowest BCUT2D eigenvalue weighted by atomic mass is 10.0. The molecule has 0 aromatic heterocycles. The standard InChI is InChI=1S/C15H21NO5/c17-9-12-8-13(16(19)20)5-6-15(12)21-10-14(18)7-11-3-1-2-4-11/h5-6,8,11,14,17-18H,1-4,7,9-10H2. The molecular weight excluding hydrogens is 274 g/mol. The SMILES string of the molecule is O=[N+]([O-])c1ccc(OCC(O)CC2CCCC2)c(CO)c1. The summed E-state index contributed by atoms with van der Waals surface area (Å²) in [4.78, 5) is 10.2. The summed E-state index contributed by atoms with van der Waals surface area (Å²) in [5.41, 5.74) is 0.273. The molecule has 1 aliphatic rings. The van der Waals surface area contributed by atoms with E-state index in [1.165, 1.54) is 31.0 Å². The van der Waals surface area contributed by atoms with Gasteiger partial charge in [-0.05, 0) is 18.4 Å². The van der Waals surface area contributed by atoms with Crippen LogP contribution in [0.3, 0.4) is 0 Å². The predicted molar refractivity (Wildman–Crippen MR) is 77.1 cm³/mol. The third kappa shape index (κ3) is 4.41. The Kier molecular flexibility index (Phi) is 5.52. The summed E-state index contributed by atoms with van der Waals surface area (Å²) >= 11 is 0. The van der Waals surface area contributed by atoms with Gasteiger partial charge in [-0.2, -0.15) is 0 Å². The highest BCUT2D eigenvalue weighted by molar-refractivity contribution is 5.43. The van der Waals surface area contributed by atoms with Crippen LogP contribution in [0.2, 0.25) is 0 Å². The number of nitrogens with zero attached hydrogens (tertiary/aromatic N) is 1. The average Bonchev–Trinajstić information content (AvgIpc) is 2.97. The highest BCUT2D eigenvalue weighted by Crippen LogP contribution is 2.29. The molecule has 1 unspecified atom stereocenters. The van der Waals surface area contributed by atoms with Crippen molar-refractivity contribution in [2.24, 2.45) is 5.92 Å². The third-order valence-electron chi connectivity index (χ3n) is 3.94. The maximum Gasteiger partial charge on any atom is 0.270 e. The first-order chi connectivity index (χ1) is 10.1. The van der Waals surface area contributed by atoms with Crippen molar-refractivity contribution in [3.63, 3.8) is 0 Å². The van der Waals surface area contributed by atoms with E-state index in [0.717, 1.165) is 19.3 Å². The van der Waals surface area contributed by atoms with Gasteiger partial charge in [0.1, 0.15) is 12.4 Å². The van der Waals surface area contributed by atoms with Gasteiger partial charge in [0.15, 0.2) is 0 Å². The minimum absolute atomic E-state index is 0.0853. The Hall–Kier alpha value is -1.66. The average molecular weight is 295 g/mol. The molecule has 0 aliphatic heterocycles. The van der Waals surface area contributed by atoms with Crippen LogP contribution < -0.4 is 4.74 Å².